The van der Waals surface area contributed by atoms with Gasteiger partial charge in [-0.05, 0) is 24.8 Å². The molecule has 2 aromatic heterocycles. The van der Waals surface area contributed by atoms with Crippen molar-refractivity contribution in [2.75, 3.05) is 6.61 Å². The molecule has 22 heavy (non-hydrogen) atoms. The molecule has 2 heterocycles. The second-order valence-corrected chi connectivity index (χ2v) is 5.09. The highest BCUT2D eigenvalue weighted by Crippen LogP contribution is 2.22. The largest absolute Gasteiger partial charge is 0.466 e. The number of carbonyl (C=O) groups excluding carboxylic acids is 1. The zero-order valence-electron chi connectivity index (χ0n) is 12.6. The molecule has 0 spiro atoms. The summed E-state index contributed by atoms with van der Waals surface area (Å²) >= 11 is 0. The predicted molar refractivity (Wildman–Crippen MR) is 83.9 cm³/mol. The number of hydrogen-bond donors (Lipinski definition) is 0. The van der Waals surface area contributed by atoms with Gasteiger partial charge >= 0.3 is 5.97 Å². The summed E-state index contributed by atoms with van der Waals surface area (Å²) in [7, 11) is 0. The van der Waals surface area contributed by atoms with Crippen molar-refractivity contribution in [3.63, 3.8) is 0 Å². The molecule has 0 fully saturated rings. The molecule has 0 saturated carbocycles. The SMILES string of the molecule is CCOC(=O)Cc1cnn(-c2ncc(C)c3ccccc23)c1. The molecule has 0 saturated heterocycles. The molecule has 3 rings (SSSR count). The number of nitrogens with zero attached hydrogens (tertiary/aromatic N) is 3. The Morgan fingerprint density at radius 3 is 2.77 bits per heavy atom. The van der Waals surface area contributed by atoms with E-state index in [4.69, 9.17) is 4.74 Å². The summed E-state index contributed by atoms with van der Waals surface area (Å²) in [6, 6.07) is 8.08. The van der Waals surface area contributed by atoms with E-state index in [9.17, 15) is 4.79 Å². The van der Waals surface area contributed by atoms with Gasteiger partial charge in [-0.15, -0.1) is 0 Å². The fourth-order valence-corrected chi connectivity index (χ4v) is 2.45. The van der Waals surface area contributed by atoms with Crippen molar-refractivity contribution in [3.8, 4) is 5.82 Å². The first-order valence-corrected chi connectivity index (χ1v) is 7.23. The lowest BCUT2D eigenvalue weighted by atomic mass is 10.1. The Bertz CT molecular complexity index is 824. The van der Waals surface area contributed by atoms with Crippen LogP contribution < -0.4 is 0 Å². The quantitative estimate of drug-likeness (QED) is 0.694. The first-order chi connectivity index (χ1) is 10.7. The smallest absolute Gasteiger partial charge is 0.310 e. The van der Waals surface area contributed by atoms with Crippen molar-refractivity contribution in [2.45, 2.75) is 20.3 Å². The first kappa shape index (κ1) is 14.3. The molecule has 0 aliphatic rings. The van der Waals surface area contributed by atoms with Crippen LogP contribution in [0.25, 0.3) is 16.6 Å². The summed E-state index contributed by atoms with van der Waals surface area (Å²) in [5, 5.41) is 6.51. The van der Waals surface area contributed by atoms with E-state index in [2.05, 4.69) is 16.1 Å². The molecule has 0 aliphatic heterocycles. The van der Waals surface area contributed by atoms with E-state index in [-0.39, 0.29) is 12.4 Å². The van der Waals surface area contributed by atoms with Gasteiger partial charge in [-0.25, -0.2) is 9.67 Å². The second kappa shape index (κ2) is 5.97. The minimum Gasteiger partial charge on any atom is -0.466 e. The van der Waals surface area contributed by atoms with E-state index in [0.29, 0.717) is 6.61 Å². The maximum Gasteiger partial charge on any atom is 0.310 e. The highest BCUT2D eigenvalue weighted by Gasteiger charge is 2.10. The predicted octanol–water partition coefficient (Wildman–Crippen LogP) is 2.83. The van der Waals surface area contributed by atoms with Crippen LogP contribution in [0.2, 0.25) is 0 Å². The Labute approximate surface area is 128 Å². The van der Waals surface area contributed by atoms with Crippen LogP contribution in [0, 0.1) is 6.92 Å². The van der Waals surface area contributed by atoms with E-state index in [1.807, 2.05) is 37.5 Å². The lowest BCUT2D eigenvalue weighted by Crippen LogP contribution is -2.06. The van der Waals surface area contributed by atoms with Crippen LogP contribution >= 0.6 is 0 Å². The molecule has 5 heteroatoms. The second-order valence-electron chi connectivity index (χ2n) is 5.09. The van der Waals surface area contributed by atoms with E-state index in [0.717, 1.165) is 27.7 Å². The van der Waals surface area contributed by atoms with Crippen LogP contribution in [0.1, 0.15) is 18.1 Å². The Morgan fingerprint density at radius 2 is 2.00 bits per heavy atom. The topological polar surface area (TPSA) is 57.0 Å². The number of benzene rings is 1. The van der Waals surface area contributed by atoms with Gasteiger partial charge in [-0.3, -0.25) is 4.79 Å². The van der Waals surface area contributed by atoms with Crippen LogP contribution in [-0.2, 0) is 16.0 Å². The van der Waals surface area contributed by atoms with Gasteiger partial charge in [-0.2, -0.15) is 5.10 Å². The van der Waals surface area contributed by atoms with Crippen molar-refractivity contribution in [2.24, 2.45) is 0 Å². The van der Waals surface area contributed by atoms with Crippen molar-refractivity contribution < 1.29 is 9.53 Å². The summed E-state index contributed by atoms with van der Waals surface area (Å²) in [5.74, 6) is 0.514. The fraction of sp³-hybridized carbons (Fsp3) is 0.235. The summed E-state index contributed by atoms with van der Waals surface area (Å²) in [5.41, 5.74) is 1.93. The van der Waals surface area contributed by atoms with Crippen LogP contribution in [0.15, 0.2) is 42.9 Å². The van der Waals surface area contributed by atoms with E-state index in [1.165, 1.54) is 0 Å². The molecule has 0 atom stereocenters. The zero-order chi connectivity index (χ0) is 15.5. The highest BCUT2D eigenvalue weighted by atomic mass is 16.5. The van der Waals surface area contributed by atoms with Gasteiger partial charge < -0.3 is 4.74 Å². The summed E-state index contributed by atoms with van der Waals surface area (Å²) in [4.78, 5) is 16.0. The normalized spacial score (nSPS) is 10.8. The third-order valence-electron chi connectivity index (χ3n) is 3.48. The van der Waals surface area contributed by atoms with Crippen molar-refractivity contribution in [1.29, 1.82) is 0 Å². The maximum atomic E-state index is 11.5. The zero-order valence-corrected chi connectivity index (χ0v) is 12.6. The average Bonchev–Trinajstić information content (AvgIpc) is 2.96. The van der Waals surface area contributed by atoms with Gasteiger partial charge in [0.15, 0.2) is 5.82 Å². The van der Waals surface area contributed by atoms with Crippen molar-refractivity contribution in [1.82, 2.24) is 14.8 Å². The third kappa shape index (κ3) is 2.70. The van der Waals surface area contributed by atoms with Crippen LogP contribution in [0.5, 0.6) is 0 Å². The lowest BCUT2D eigenvalue weighted by molar-refractivity contribution is -0.142. The number of rotatable bonds is 4. The van der Waals surface area contributed by atoms with E-state index in [1.54, 1.807) is 17.8 Å². The molecule has 0 aliphatic carbocycles. The molecule has 0 N–H and O–H groups in total. The molecule has 0 bridgehead atoms. The number of carbonyl (C=O) groups is 1. The van der Waals surface area contributed by atoms with Gasteiger partial charge in [-0.1, -0.05) is 24.3 Å². The Hall–Kier alpha value is -2.69. The maximum absolute atomic E-state index is 11.5. The molecular formula is C17H17N3O2. The summed E-state index contributed by atoms with van der Waals surface area (Å²) in [6.07, 6.45) is 5.55. The summed E-state index contributed by atoms with van der Waals surface area (Å²) < 4.78 is 6.66. The van der Waals surface area contributed by atoms with Crippen LogP contribution in [0.4, 0.5) is 0 Å². The molecule has 112 valence electrons. The Balaban J connectivity index is 1.97. The third-order valence-corrected chi connectivity index (χ3v) is 3.48. The first-order valence-electron chi connectivity index (χ1n) is 7.23. The highest BCUT2D eigenvalue weighted by molar-refractivity contribution is 5.90. The van der Waals surface area contributed by atoms with E-state index >= 15 is 0 Å². The monoisotopic (exact) mass is 295 g/mol. The number of fused-ring (bicyclic) bond motifs is 1. The molecule has 3 aromatic rings. The van der Waals surface area contributed by atoms with Crippen LogP contribution in [0.3, 0.4) is 0 Å². The number of ether oxygens (including phenoxy) is 1. The lowest BCUT2D eigenvalue weighted by Gasteiger charge is -2.07. The molecule has 0 unspecified atom stereocenters. The van der Waals surface area contributed by atoms with Crippen molar-refractivity contribution >= 4 is 16.7 Å². The van der Waals surface area contributed by atoms with Gasteiger partial charge in [0, 0.05) is 23.3 Å². The number of esters is 1. The Morgan fingerprint density at radius 1 is 1.23 bits per heavy atom. The van der Waals surface area contributed by atoms with E-state index < -0.39 is 0 Å². The number of aromatic nitrogens is 3. The average molecular weight is 295 g/mol. The number of hydrogen-bond acceptors (Lipinski definition) is 4. The Kier molecular flexibility index (Phi) is 3.87. The molecule has 0 radical (unpaired) electrons. The molecule has 5 nitrogen and oxygen atoms in total. The number of pyridine rings is 1. The minimum atomic E-state index is -0.247. The summed E-state index contributed by atoms with van der Waals surface area (Å²) in [6.45, 7) is 4.22. The van der Waals surface area contributed by atoms with Crippen molar-refractivity contribution in [3.05, 3.63) is 54.0 Å². The molecule has 0 amide bonds. The van der Waals surface area contributed by atoms with Crippen LogP contribution in [-0.4, -0.2) is 27.3 Å². The molecule has 1 aromatic carbocycles. The minimum absolute atomic E-state index is 0.220. The standard InChI is InChI=1S/C17H17N3O2/c1-3-22-16(21)8-13-10-19-20(11-13)17-15-7-5-4-6-14(15)12(2)9-18-17/h4-7,9-11H,3,8H2,1-2H3. The molecular weight excluding hydrogens is 278 g/mol. The van der Waals surface area contributed by atoms with Gasteiger partial charge in [0.05, 0.1) is 19.2 Å². The fourth-order valence-electron chi connectivity index (χ4n) is 2.45. The van der Waals surface area contributed by atoms with Gasteiger partial charge in [0.2, 0.25) is 0 Å². The van der Waals surface area contributed by atoms with Gasteiger partial charge in [0.25, 0.3) is 0 Å². The number of aryl methyl sites for hydroxylation is 1. The van der Waals surface area contributed by atoms with Gasteiger partial charge in [0.1, 0.15) is 0 Å².